The average Bonchev–Trinajstić information content (AvgIpc) is 2.19. The SMILES string of the molecule is CC1(O)CC(O)C2(O)C=CCC(O)C12. The van der Waals surface area contributed by atoms with Crippen molar-refractivity contribution in [1.82, 2.24) is 0 Å². The maximum absolute atomic E-state index is 10.1. The van der Waals surface area contributed by atoms with Gasteiger partial charge < -0.3 is 20.4 Å². The van der Waals surface area contributed by atoms with E-state index < -0.39 is 29.3 Å². The van der Waals surface area contributed by atoms with Crippen LogP contribution in [0.1, 0.15) is 19.8 Å². The molecule has 0 bridgehead atoms. The predicted molar refractivity (Wildman–Crippen MR) is 49.5 cm³/mol. The standard InChI is InChI=1S/C10H16O4/c1-9(13)5-7(12)10(14)4-2-3-6(11)8(9)10/h2,4,6-8,11-14H,3,5H2,1H3. The van der Waals surface area contributed by atoms with Crippen LogP contribution in [-0.4, -0.2) is 43.8 Å². The van der Waals surface area contributed by atoms with Crippen LogP contribution in [0.2, 0.25) is 0 Å². The summed E-state index contributed by atoms with van der Waals surface area (Å²) in [7, 11) is 0. The van der Waals surface area contributed by atoms with Gasteiger partial charge in [-0.1, -0.05) is 12.2 Å². The highest BCUT2D eigenvalue weighted by Gasteiger charge is 2.61. The lowest BCUT2D eigenvalue weighted by atomic mass is 9.75. The molecule has 0 heterocycles. The van der Waals surface area contributed by atoms with E-state index in [4.69, 9.17) is 0 Å². The fourth-order valence-electron chi connectivity index (χ4n) is 2.86. The highest BCUT2D eigenvalue weighted by molar-refractivity contribution is 5.23. The summed E-state index contributed by atoms with van der Waals surface area (Å²) in [5, 5.41) is 39.5. The molecule has 0 saturated heterocycles. The zero-order valence-electron chi connectivity index (χ0n) is 8.09. The number of aliphatic hydroxyl groups is 4. The summed E-state index contributed by atoms with van der Waals surface area (Å²) in [4.78, 5) is 0. The highest BCUT2D eigenvalue weighted by Crippen LogP contribution is 2.48. The maximum atomic E-state index is 10.1. The molecular formula is C10H16O4. The van der Waals surface area contributed by atoms with Crippen LogP contribution in [-0.2, 0) is 0 Å². The summed E-state index contributed by atoms with van der Waals surface area (Å²) < 4.78 is 0. The van der Waals surface area contributed by atoms with Crippen LogP contribution >= 0.6 is 0 Å². The second-order valence-electron chi connectivity index (χ2n) is 4.65. The van der Waals surface area contributed by atoms with E-state index in [9.17, 15) is 20.4 Å². The minimum Gasteiger partial charge on any atom is -0.392 e. The second kappa shape index (κ2) is 2.79. The van der Waals surface area contributed by atoms with Crippen molar-refractivity contribution in [3.8, 4) is 0 Å². The molecular weight excluding hydrogens is 184 g/mol. The molecule has 0 spiro atoms. The van der Waals surface area contributed by atoms with Gasteiger partial charge in [-0.2, -0.15) is 0 Å². The van der Waals surface area contributed by atoms with Crippen molar-refractivity contribution >= 4 is 0 Å². The summed E-state index contributed by atoms with van der Waals surface area (Å²) in [5.74, 6) is -0.699. The van der Waals surface area contributed by atoms with E-state index in [1.807, 2.05) is 0 Å². The Kier molecular flexibility index (Phi) is 2.02. The summed E-state index contributed by atoms with van der Waals surface area (Å²) in [6.07, 6.45) is 1.85. The van der Waals surface area contributed by atoms with Gasteiger partial charge in [0.05, 0.1) is 17.8 Å². The number of hydrogen-bond acceptors (Lipinski definition) is 4. The largest absolute Gasteiger partial charge is 0.392 e. The first-order valence-electron chi connectivity index (χ1n) is 4.86. The Labute approximate surface area is 82.5 Å². The first-order chi connectivity index (χ1) is 6.38. The average molecular weight is 200 g/mol. The normalized spacial score (nSPS) is 57.4. The second-order valence-corrected chi connectivity index (χ2v) is 4.65. The zero-order valence-corrected chi connectivity index (χ0v) is 8.09. The van der Waals surface area contributed by atoms with Gasteiger partial charge in [-0.05, 0) is 13.3 Å². The molecule has 4 N–H and O–H groups in total. The van der Waals surface area contributed by atoms with Crippen LogP contribution in [0, 0.1) is 5.92 Å². The van der Waals surface area contributed by atoms with Crippen molar-refractivity contribution in [3.63, 3.8) is 0 Å². The van der Waals surface area contributed by atoms with Gasteiger partial charge >= 0.3 is 0 Å². The molecule has 5 atom stereocenters. The smallest absolute Gasteiger partial charge is 0.117 e. The topological polar surface area (TPSA) is 80.9 Å². The van der Waals surface area contributed by atoms with Crippen LogP contribution in [0.25, 0.3) is 0 Å². The van der Waals surface area contributed by atoms with Crippen LogP contribution < -0.4 is 0 Å². The third kappa shape index (κ3) is 1.15. The Morgan fingerprint density at radius 1 is 1.29 bits per heavy atom. The van der Waals surface area contributed by atoms with Gasteiger partial charge in [-0.25, -0.2) is 0 Å². The van der Waals surface area contributed by atoms with Crippen LogP contribution in [0.15, 0.2) is 12.2 Å². The van der Waals surface area contributed by atoms with Gasteiger partial charge in [-0.3, -0.25) is 0 Å². The molecule has 4 nitrogen and oxygen atoms in total. The van der Waals surface area contributed by atoms with Crippen molar-refractivity contribution in [3.05, 3.63) is 12.2 Å². The molecule has 5 unspecified atom stereocenters. The lowest BCUT2D eigenvalue weighted by Gasteiger charge is -2.39. The molecule has 14 heavy (non-hydrogen) atoms. The summed E-state index contributed by atoms with van der Waals surface area (Å²) in [6, 6.07) is 0. The fraction of sp³-hybridized carbons (Fsp3) is 0.800. The predicted octanol–water partition coefficient (Wildman–Crippen LogP) is -0.830. The van der Waals surface area contributed by atoms with Crippen molar-refractivity contribution in [2.75, 3.05) is 0 Å². The molecule has 4 heteroatoms. The molecule has 1 fully saturated rings. The third-order valence-electron chi connectivity index (χ3n) is 3.46. The number of hydrogen-bond donors (Lipinski definition) is 4. The van der Waals surface area contributed by atoms with Crippen molar-refractivity contribution in [2.45, 2.75) is 43.2 Å². The van der Waals surface area contributed by atoms with Gasteiger partial charge in [0, 0.05) is 12.3 Å². The minimum atomic E-state index is -1.47. The van der Waals surface area contributed by atoms with Crippen molar-refractivity contribution in [2.24, 2.45) is 5.92 Å². The molecule has 0 aromatic carbocycles. The molecule has 2 rings (SSSR count). The summed E-state index contributed by atoms with van der Waals surface area (Å²) in [5.41, 5.74) is -2.68. The zero-order chi connectivity index (χ0) is 10.6. The number of aliphatic hydroxyl groups excluding tert-OH is 2. The molecule has 0 radical (unpaired) electrons. The Bertz CT molecular complexity index is 273. The highest BCUT2D eigenvalue weighted by atomic mass is 16.4. The fourth-order valence-corrected chi connectivity index (χ4v) is 2.86. The lowest BCUT2D eigenvalue weighted by molar-refractivity contribution is -0.118. The van der Waals surface area contributed by atoms with Gasteiger partial charge in [0.2, 0.25) is 0 Å². The third-order valence-corrected chi connectivity index (χ3v) is 3.46. The van der Waals surface area contributed by atoms with E-state index >= 15 is 0 Å². The number of rotatable bonds is 0. The van der Waals surface area contributed by atoms with Gasteiger partial charge in [0.15, 0.2) is 0 Å². The Balaban J connectivity index is 2.44. The summed E-state index contributed by atoms with van der Waals surface area (Å²) >= 11 is 0. The summed E-state index contributed by atoms with van der Waals surface area (Å²) in [6.45, 7) is 1.54. The van der Waals surface area contributed by atoms with Crippen molar-refractivity contribution in [1.29, 1.82) is 0 Å². The molecule has 0 amide bonds. The Morgan fingerprint density at radius 3 is 2.50 bits per heavy atom. The molecule has 1 saturated carbocycles. The van der Waals surface area contributed by atoms with Gasteiger partial charge in [0.1, 0.15) is 5.60 Å². The first kappa shape index (κ1) is 10.1. The van der Waals surface area contributed by atoms with Gasteiger partial charge in [0.25, 0.3) is 0 Å². The molecule has 0 aliphatic heterocycles. The minimum absolute atomic E-state index is 0.0928. The monoisotopic (exact) mass is 200 g/mol. The van der Waals surface area contributed by atoms with Crippen molar-refractivity contribution < 1.29 is 20.4 Å². The van der Waals surface area contributed by atoms with Crippen LogP contribution in [0.5, 0.6) is 0 Å². The lowest BCUT2D eigenvalue weighted by Crippen LogP contribution is -2.52. The molecule has 0 aromatic rings. The van der Waals surface area contributed by atoms with E-state index in [0.717, 1.165) is 0 Å². The van der Waals surface area contributed by atoms with E-state index in [2.05, 4.69) is 0 Å². The van der Waals surface area contributed by atoms with E-state index in [1.54, 1.807) is 13.0 Å². The van der Waals surface area contributed by atoms with Crippen LogP contribution in [0.4, 0.5) is 0 Å². The number of fused-ring (bicyclic) bond motifs is 1. The molecule has 80 valence electrons. The molecule has 2 aliphatic rings. The maximum Gasteiger partial charge on any atom is 0.117 e. The Hall–Kier alpha value is -0.420. The Morgan fingerprint density at radius 2 is 1.93 bits per heavy atom. The first-order valence-corrected chi connectivity index (χ1v) is 4.86. The molecule has 0 aromatic heterocycles. The quantitative estimate of drug-likeness (QED) is 0.385. The van der Waals surface area contributed by atoms with E-state index in [-0.39, 0.29) is 6.42 Å². The van der Waals surface area contributed by atoms with E-state index in [1.165, 1.54) is 6.08 Å². The molecule has 2 aliphatic carbocycles. The van der Waals surface area contributed by atoms with Crippen LogP contribution in [0.3, 0.4) is 0 Å². The van der Waals surface area contributed by atoms with E-state index in [0.29, 0.717) is 6.42 Å². The van der Waals surface area contributed by atoms with Gasteiger partial charge in [-0.15, -0.1) is 0 Å².